The van der Waals surface area contributed by atoms with E-state index >= 15 is 0 Å². The molecular weight excluding hydrogens is 160 g/mol. The van der Waals surface area contributed by atoms with E-state index in [2.05, 4.69) is 19.9 Å². The summed E-state index contributed by atoms with van der Waals surface area (Å²) in [7, 11) is 1.78. The molecule has 0 amide bonds. The first-order chi connectivity index (χ1) is 6.35. The van der Waals surface area contributed by atoms with Crippen molar-refractivity contribution in [2.75, 3.05) is 7.11 Å². The maximum Gasteiger partial charge on any atom is 0.0915 e. The van der Waals surface area contributed by atoms with Gasteiger partial charge in [0.05, 0.1) is 12.9 Å². The van der Waals surface area contributed by atoms with Gasteiger partial charge < -0.3 is 4.74 Å². The van der Waals surface area contributed by atoms with Crippen LogP contribution in [0.1, 0.15) is 58.8 Å². The second kappa shape index (κ2) is 9.63. The van der Waals surface area contributed by atoms with E-state index in [9.17, 15) is 0 Å². The van der Waals surface area contributed by atoms with Crippen LogP contribution in [0.3, 0.4) is 0 Å². The van der Waals surface area contributed by atoms with Gasteiger partial charge in [0.25, 0.3) is 0 Å². The molecule has 0 aromatic carbocycles. The van der Waals surface area contributed by atoms with Crippen molar-refractivity contribution in [2.24, 2.45) is 0 Å². The molecule has 0 saturated carbocycles. The molecular formula is C12H24O. The Balaban J connectivity index is 3.54. The summed E-state index contributed by atoms with van der Waals surface area (Å²) in [5, 5.41) is 0. The summed E-state index contributed by atoms with van der Waals surface area (Å²) in [4.78, 5) is 0. The predicted molar refractivity (Wildman–Crippen MR) is 58.8 cm³/mol. The zero-order chi connectivity index (χ0) is 9.94. The third kappa shape index (κ3) is 7.89. The van der Waals surface area contributed by atoms with Gasteiger partial charge in [-0.3, -0.25) is 0 Å². The van der Waals surface area contributed by atoms with Crippen LogP contribution in [0.5, 0.6) is 0 Å². The van der Waals surface area contributed by atoms with Crippen molar-refractivity contribution >= 4 is 0 Å². The maximum atomic E-state index is 5.30. The van der Waals surface area contributed by atoms with E-state index in [0.717, 1.165) is 6.42 Å². The number of allylic oxidation sites excluding steroid dienone is 2. The van der Waals surface area contributed by atoms with E-state index in [0.29, 0.717) is 0 Å². The molecule has 0 aromatic heterocycles. The molecule has 0 atom stereocenters. The van der Waals surface area contributed by atoms with Crippen LogP contribution in [0, 0.1) is 0 Å². The fourth-order valence-electron chi connectivity index (χ4n) is 1.30. The van der Waals surface area contributed by atoms with Crippen LogP contribution >= 0.6 is 0 Å². The van der Waals surface area contributed by atoms with E-state index in [1.807, 2.05) is 0 Å². The van der Waals surface area contributed by atoms with E-state index in [4.69, 9.17) is 4.74 Å². The molecule has 0 aromatic rings. The van der Waals surface area contributed by atoms with Crippen LogP contribution in [0.2, 0.25) is 0 Å². The summed E-state index contributed by atoms with van der Waals surface area (Å²) >= 11 is 0. The Morgan fingerprint density at radius 1 is 1.08 bits per heavy atom. The zero-order valence-corrected chi connectivity index (χ0v) is 9.44. The van der Waals surface area contributed by atoms with Crippen molar-refractivity contribution in [1.29, 1.82) is 0 Å². The standard InChI is InChI=1S/C12H24O/c1-4-6-8-10-12(13-3)11-9-7-5-2/h10H,4-9,11H2,1-3H3/b12-10+. The van der Waals surface area contributed by atoms with E-state index in [-0.39, 0.29) is 0 Å². The van der Waals surface area contributed by atoms with Gasteiger partial charge in [0.15, 0.2) is 0 Å². The number of methoxy groups -OCH3 is 1. The lowest BCUT2D eigenvalue weighted by Gasteiger charge is -2.05. The molecule has 78 valence electrons. The van der Waals surface area contributed by atoms with Crippen LogP contribution in [0.15, 0.2) is 11.8 Å². The predicted octanol–water partition coefficient (Wildman–Crippen LogP) is 4.29. The van der Waals surface area contributed by atoms with Gasteiger partial charge in [0, 0.05) is 6.42 Å². The highest BCUT2D eigenvalue weighted by atomic mass is 16.5. The van der Waals surface area contributed by atoms with Crippen molar-refractivity contribution in [2.45, 2.75) is 58.8 Å². The fourth-order valence-corrected chi connectivity index (χ4v) is 1.30. The molecule has 0 spiro atoms. The topological polar surface area (TPSA) is 9.23 Å². The molecule has 0 N–H and O–H groups in total. The lowest BCUT2D eigenvalue weighted by atomic mass is 10.1. The lowest BCUT2D eigenvalue weighted by molar-refractivity contribution is 0.272. The normalized spacial score (nSPS) is 11.8. The van der Waals surface area contributed by atoms with Crippen molar-refractivity contribution in [3.63, 3.8) is 0 Å². The highest BCUT2D eigenvalue weighted by Gasteiger charge is 1.95. The Morgan fingerprint density at radius 2 is 1.77 bits per heavy atom. The van der Waals surface area contributed by atoms with Gasteiger partial charge in [-0.05, 0) is 25.3 Å². The summed E-state index contributed by atoms with van der Waals surface area (Å²) in [5.41, 5.74) is 0. The van der Waals surface area contributed by atoms with Crippen molar-refractivity contribution in [3.05, 3.63) is 11.8 Å². The van der Waals surface area contributed by atoms with Gasteiger partial charge in [-0.15, -0.1) is 0 Å². The number of hydrogen-bond donors (Lipinski definition) is 0. The number of unbranched alkanes of at least 4 members (excludes halogenated alkanes) is 4. The maximum absolute atomic E-state index is 5.30. The molecule has 0 saturated heterocycles. The molecule has 13 heavy (non-hydrogen) atoms. The van der Waals surface area contributed by atoms with Gasteiger partial charge in [0.1, 0.15) is 0 Å². The zero-order valence-electron chi connectivity index (χ0n) is 9.44. The van der Waals surface area contributed by atoms with Crippen LogP contribution < -0.4 is 0 Å². The lowest BCUT2D eigenvalue weighted by Crippen LogP contribution is -1.87. The molecule has 0 heterocycles. The molecule has 0 rings (SSSR count). The Labute approximate surface area is 83.2 Å². The number of hydrogen-bond acceptors (Lipinski definition) is 1. The van der Waals surface area contributed by atoms with Crippen LogP contribution in [-0.4, -0.2) is 7.11 Å². The van der Waals surface area contributed by atoms with E-state index in [1.165, 1.54) is 44.3 Å². The molecule has 0 fully saturated rings. The monoisotopic (exact) mass is 184 g/mol. The molecule has 0 aliphatic heterocycles. The van der Waals surface area contributed by atoms with E-state index < -0.39 is 0 Å². The van der Waals surface area contributed by atoms with Crippen molar-refractivity contribution in [3.8, 4) is 0 Å². The van der Waals surface area contributed by atoms with Gasteiger partial charge in [0.2, 0.25) is 0 Å². The molecule has 0 radical (unpaired) electrons. The Bertz CT molecular complexity index is 127. The summed E-state index contributed by atoms with van der Waals surface area (Å²) < 4.78 is 5.30. The number of ether oxygens (including phenoxy) is 1. The molecule has 0 bridgehead atoms. The Morgan fingerprint density at radius 3 is 2.31 bits per heavy atom. The Hall–Kier alpha value is -0.460. The molecule has 0 unspecified atom stereocenters. The van der Waals surface area contributed by atoms with E-state index in [1.54, 1.807) is 7.11 Å². The second-order valence-corrected chi connectivity index (χ2v) is 3.47. The van der Waals surface area contributed by atoms with Crippen LogP contribution in [0.25, 0.3) is 0 Å². The molecule has 0 aliphatic rings. The largest absolute Gasteiger partial charge is 0.501 e. The quantitative estimate of drug-likeness (QED) is 0.404. The summed E-state index contributed by atoms with van der Waals surface area (Å²) in [6.45, 7) is 4.45. The van der Waals surface area contributed by atoms with Gasteiger partial charge in [-0.1, -0.05) is 33.1 Å². The third-order valence-corrected chi connectivity index (χ3v) is 2.22. The molecule has 1 heteroatoms. The molecule has 1 nitrogen and oxygen atoms in total. The van der Waals surface area contributed by atoms with Gasteiger partial charge >= 0.3 is 0 Å². The Kier molecular flexibility index (Phi) is 9.29. The average Bonchev–Trinajstić information content (AvgIpc) is 2.16. The van der Waals surface area contributed by atoms with Crippen LogP contribution in [-0.2, 0) is 4.74 Å². The summed E-state index contributed by atoms with van der Waals surface area (Å²) in [5.74, 6) is 1.18. The smallest absolute Gasteiger partial charge is 0.0915 e. The average molecular weight is 184 g/mol. The highest BCUT2D eigenvalue weighted by molar-refractivity contribution is 4.92. The first kappa shape index (κ1) is 12.5. The van der Waals surface area contributed by atoms with Crippen LogP contribution in [0.4, 0.5) is 0 Å². The van der Waals surface area contributed by atoms with Crippen molar-refractivity contribution < 1.29 is 4.74 Å². The highest BCUT2D eigenvalue weighted by Crippen LogP contribution is 2.11. The van der Waals surface area contributed by atoms with Gasteiger partial charge in [-0.2, -0.15) is 0 Å². The number of rotatable bonds is 8. The SMILES string of the molecule is CCCC/C=C(\CCCCC)OC. The first-order valence-electron chi connectivity index (χ1n) is 5.58. The van der Waals surface area contributed by atoms with Crippen molar-refractivity contribution in [1.82, 2.24) is 0 Å². The third-order valence-electron chi connectivity index (χ3n) is 2.22. The minimum Gasteiger partial charge on any atom is -0.501 e. The summed E-state index contributed by atoms with van der Waals surface area (Å²) in [6.07, 6.45) is 10.9. The minimum atomic E-state index is 1.12. The fraction of sp³-hybridized carbons (Fsp3) is 0.833. The first-order valence-corrected chi connectivity index (χ1v) is 5.58. The van der Waals surface area contributed by atoms with Gasteiger partial charge in [-0.25, -0.2) is 0 Å². The molecule has 0 aliphatic carbocycles. The summed E-state index contributed by atoms with van der Waals surface area (Å²) in [6, 6.07) is 0. The second-order valence-electron chi connectivity index (χ2n) is 3.47. The minimum absolute atomic E-state index is 1.12.